The van der Waals surface area contributed by atoms with Crippen LogP contribution in [0.1, 0.15) is 28.1 Å². The molecule has 208 valence electrons. The monoisotopic (exact) mass is 565 g/mol. The van der Waals surface area contributed by atoms with Gasteiger partial charge in [-0.15, -0.1) is 24.5 Å². The van der Waals surface area contributed by atoms with Gasteiger partial charge in [0.2, 0.25) is 0 Å². The van der Waals surface area contributed by atoms with E-state index in [0.29, 0.717) is 23.5 Å². The van der Waals surface area contributed by atoms with E-state index < -0.39 is 12.4 Å². The van der Waals surface area contributed by atoms with Crippen LogP contribution < -0.4 is 10.5 Å². The molecule has 0 bridgehead atoms. The van der Waals surface area contributed by atoms with Crippen LogP contribution in [-0.4, -0.2) is 54.7 Å². The topological polar surface area (TPSA) is 58.8 Å². The van der Waals surface area contributed by atoms with E-state index in [1.54, 1.807) is 18.2 Å². The summed E-state index contributed by atoms with van der Waals surface area (Å²) < 4.78 is 43.2. The Hall–Kier alpha value is -3.50. The van der Waals surface area contributed by atoms with Gasteiger partial charge in [0.15, 0.2) is 0 Å². The molecule has 2 unspecified atom stereocenters. The third kappa shape index (κ3) is 6.45. The number of rotatable bonds is 9. The lowest BCUT2D eigenvalue weighted by molar-refractivity contribution is -0.274. The number of alkyl halides is 3. The fourth-order valence-electron chi connectivity index (χ4n) is 5.39. The van der Waals surface area contributed by atoms with Gasteiger partial charge in [-0.3, -0.25) is 9.80 Å². The van der Waals surface area contributed by atoms with Crippen molar-refractivity contribution >= 4 is 17.6 Å². The van der Waals surface area contributed by atoms with Crippen LogP contribution in [0, 0.1) is 0 Å². The molecule has 1 aliphatic heterocycles. The number of carbonyl (C=O) groups excluding carboxylic acids is 1. The summed E-state index contributed by atoms with van der Waals surface area (Å²) in [5, 5.41) is 0. The zero-order valence-electron chi connectivity index (χ0n) is 21.7. The minimum absolute atomic E-state index is 0.0984. The Bertz CT molecular complexity index is 1350. The van der Waals surface area contributed by atoms with E-state index in [1.807, 2.05) is 42.5 Å². The standard InChI is InChI=1S/C31H30F3N3O2S/c32-31(33,34)39-26-14-8-7-13-24(26)27-15-16-28(40-27)30(25(35)21-38)37-19-17-36(18-20-37)29(22-9-3-1-4-10-22)23-11-5-2-6-12-23/h1-16,21,25,29-30H,17-20,35H2. The molecule has 1 saturated heterocycles. The predicted octanol–water partition coefficient (Wildman–Crippen LogP) is 6.29. The third-order valence-electron chi connectivity index (χ3n) is 7.16. The van der Waals surface area contributed by atoms with Crippen LogP contribution in [0.25, 0.3) is 10.4 Å². The quantitative estimate of drug-likeness (QED) is 0.242. The van der Waals surface area contributed by atoms with Crippen LogP contribution >= 0.6 is 11.3 Å². The molecule has 2 heterocycles. The van der Waals surface area contributed by atoms with E-state index in [9.17, 15) is 18.0 Å². The van der Waals surface area contributed by atoms with Crippen LogP contribution in [0.4, 0.5) is 13.2 Å². The number of ether oxygens (including phenoxy) is 1. The maximum Gasteiger partial charge on any atom is 0.573 e. The van der Waals surface area contributed by atoms with Gasteiger partial charge in [0.25, 0.3) is 0 Å². The first-order valence-corrected chi connectivity index (χ1v) is 13.9. The number of nitrogens with zero attached hydrogens (tertiary/aromatic N) is 2. The van der Waals surface area contributed by atoms with Gasteiger partial charge in [-0.1, -0.05) is 72.8 Å². The lowest BCUT2D eigenvalue weighted by Gasteiger charge is -2.43. The minimum Gasteiger partial charge on any atom is -0.405 e. The summed E-state index contributed by atoms with van der Waals surface area (Å²) in [6, 6.07) is 29.4. The number of carbonyl (C=O) groups is 1. The Morgan fingerprint density at radius 3 is 1.90 bits per heavy atom. The lowest BCUT2D eigenvalue weighted by Crippen LogP contribution is -2.52. The van der Waals surface area contributed by atoms with Gasteiger partial charge in [0.1, 0.15) is 12.0 Å². The van der Waals surface area contributed by atoms with E-state index in [0.717, 1.165) is 24.3 Å². The summed E-state index contributed by atoms with van der Waals surface area (Å²) >= 11 is 1.33. The van der Waals surface area contributed by atoms with Crippen LogP contribution in [-0.2, 0) is 4.79 Å². The molecule has 2 N–H and O–H groups in total. The second-order valence-electron chi connectivity index (χ2n) is 9.70. The van der Waals surface area contributed by atoms with Crippen LogP contribution in [0.15, 0.2) is 97.1 Å². The molecule has 0 amide bonds. The van der Waals surface area contributed by atoms with Crippen molar-refractivity contribution in [3.05, 3.63) is 113 Å². The van der Waals surface area contributed by atoms with Crippen molar-refractivity contribution in [3.8, 4) is 16.2 Å². The average molecular weight is 566 g/mol. The fourth-order valence-corrected chi connectivity index (χ4v) is 6.62. The molecule has 1 aliphatic rings. The lowest BCUT2D eigenvalue weighted by atomic mass is 9.96. The van der Waals surface area contributed by atoms with Gasteiger partial charge in [-0.2, -0.15) is 0 Å². The number of hydrogen-bond donors (Lipinski definition) is 1. The second kappa shape index (κ2) is 12.3. The van der Waals surface area contributed by atoms with Gasteiger partial charge in [-0.25, -0.2) is 0 Å². The van der Waals surface area contributed by atoms with Gasteiger partial charge in [0.05, 0.1) is 18.1 Å². The average Bonchev–Trinajstić information content (AvgIpc) is 3.44. The third-order valence-corrected chi connectivity index (χ3v) is 8.35. The van der Waals surface area contributed by atoms with Gasteiger partial charge in [0, 0.05) is 41.5 Å². The summed E-state index contributed by atoms with van der Waals surface area (Å²) in [5.74, 6) is -0.263. The Kier molecular flexibility index (Phi) is 8.66. The molecule has 0 aliphatic carbocycles. The van der Waals surface area contributed by atoms with Crippen molar-refractivity contribution in [1.29, 1.82) is 0 Å². The normalized spacial score (nSPS) is 16.5. The zero-order chi connectivity index (χ0) is 28.1. The summed E-state index contributed by atoms with van der Waals surface area (Å²) in [6.45, 7) is 2.89. The Morgan fingerprint density at radius 2 is 1.32 bits per heavy atom. The number of halogens is 3. The first-order chi connectivity index (χ1) is 19.3. The fraction of sp³-hybridized carbons (Fsp3) is 0.258. The van der Waals surface area contributed by atoms with E-state index in [1.165, 1.54) is 34.6 Å². The first-order valence-electron chi connectivity index (χ1n) is 13.1. The van der Waals surface area contributed by atoms with Crippen molar-refractivity contribution in [1.82, 2.24) is 9.80 Å². The van der Waals surface area contributed by atoms with Gasteiger partial charge < -0.3 is 15.3 Å². The summed E-state index contributed by atoms with van der Waals surface area (Å²) in [5.41, 5.74) is 9.10. The molecule has 0 spiro atoms. The molecule has 3 aromatic carbocycles. The molecule has 2 atom stereocenters. The van der Waals surface area contributed by atoms with E-state index >= 15 is 0 Å². The summed E-state index contributed by atoms with van der Waals surface area (Å²) in [4.78, 5) is 18.0. The van der Waals surface area contributed by atoms with E-state index in [2.05, 4.69) is 38.8 Å². The molecule has 4 aromatic rings. The number of para-hydroxylation sites is 1. The zero-order valence-corrected chi connectivity index (χ0v) is 22.5. The summed E-state index contributed by atoms with van der Waals surface area (Å²) in [7, 11) is 0. The molecule has 9 heteroatoms. The molecule has 5 rings (SSSR count). The second-order valence-corrected chi connectivity index (χ2v) is 10.8. The number of nitrogens with two attached hydrogens (primary N) is 1. The predicted molar refractivity (Wildman–Crippen MR) is 151 cm³/mol. The van der Waals surface area contributed by atoms with Crippen molar-refractivity contribution < 1.29 is 22.7 Å². The highest BCUT2D eigenvalue weighted by Crippen LogP contribution is 2.41. The molecule has 0 radical (unpaired) electrons. The number of benzene rings is 3. The summed E-state index contributed by atoms with van der Waals surface area (Å²) in [6.07, 6.45) is -4.05. The molecule has 0 saturated carbocycles. The maximum atomic E-state index is 13.0. The maximum absolute atomic E-state index is 13.0. The molecular formula is C31H30F3N3O2S. The Morgan fingerprint density at radius 1 is 0.775 bits per heavy atom. The highest BCUT2D eigenvalue weighted by molar-refractivity contribution is 7.15. The number of hydrogen-bond acceptors (Lipinski definition) is 6. The molecule has 1 fully saturated rings. The van der Waals surface area contributed by atoms with Crippen LogP contribution in [0.2, 0.25) is 0 Å². The minimum atomic E-state index is -4.80. The highest BCUT2D eigenvalue weighted by atomic mass is 32.1. The highest BCUT2D eigenvalue weighted by Gasteiger charge is 2.35. The Labute approximate surface area is 235 Å². The molecule has 40 heavy (non-hydrogen) atoms. The Balaban J connectivity index is 1.37. The van der Waals surface area contributed by atoms with Crippen LogP contribution in [0.5, 0.6) is 5.75 Å². The largest absolute Gasteiger partial charge is 0.573 e. The van der Waals surface area contributed by atoms with Gasteiger partial charge in [-0.05, 0) is 35.4 Å². The number of aldehydes is 1. The van der Waals surface area contributed by atoms with Gasteiger partial charge >= 0.3 is 6.36 Å². The van der Waals surface area contributed by atoms with Crippen LogP contribution in [0.3, 0.4) is 0 Å². The number of piperazine rings is 1. The molecule has 5 nitrogen and oxygen atoms in total. The smallest absolute Gasteiger partial charge is 0.405 e. The van der Waals surface area contributed by atoms with Crippen molar-refractivity contribution in [2.24, 2.45) is 5.73 Å². The number of thiophene rings is 1. The van der Waals surface area contributed by atoms with E-state index in [-0.39, 0.29) is 17.8 Å². The molecular weight excluding hydrogens is 535 g/mol. The van der Waals surface area contributed by atoms with Crippen molar-refractivity contribution in [2.75, 3.05) is 26.2 Å². The van der Waals surface area contributed by atoms with Crippen molar-refractivity contribution in [2.45, 2.75) is 24.5 Å². The van der Waals surface area contributed by atoms with Crippen molar-refractivity contribution in [3.63, 3.8) is 0 Å². The SMILES string of the molecule is NC(C=O)C(c1ccc(-c2ccccc2OC(F)(F)F)s1)N1CCN(C(c2ccccc2)c2ccccc2)CC1. The van der Waals surface area contributed by atoms with E-state index in [4.69, 9.17) is 5.73 Å². The first kappa shape index (κ1) is 28.0. The molecule has 1 aromatic heterocycles.